The van der Waals surface area contributed by atoms with Crippen LogP contribution in [0.3, 0.4) is 0 Å². The summed E-state index contributed by atoms with van der Waals surface area (Å²) in [5.74, 6) is 2.06. The molecule has 0 atom stereocenters. The van der Waals surface area contributed by atoms with Gasteiger partial charge in [-0.15, -0.1) is 53.6 Å². The SMILES string of the molecule is CC(C)(C)c1cccc(N2C=C(c3ccccc3)N(c3[c-]c(Oc4[c-]c5c(cc4)c4cc(C(C)(C)C)ccc4n5-c4cc(C(C)(C)C)ccn4)cc(C(C)(C)c4ccccc4)c3)[CH-]2)c1.[Pt]. The van der Waals surface area contributed by atoms with Crippen LogP contribution in [-0.4, -0.2) is 9.55 Å². The Bertz CT molecular complexity index is 3030. The third-order valence-electron chi connectivity index (χ3n) is 12.7. The molecule has 0 aliphatic carbocycles. The Balaban J connectivity index is 0.00000576. The van der Waals surface area contributed by atoms with Crippen molar-refractivity contribution in [1.82, 2.24) is 9.55 Å². The average molecular weight is 1040 g/mol. The maximum Gasteiger partial charge on any atom is 0.135 e. The van der Waals surface area contributed by atoms with E-state index in [1.807, 2.05) is 12.3 Å². The molecule has 0 N–H and O–H groups in total. The van der Waals surface area contributed by atoms with Crippen LogP contribution >= 0.6 is 0 Å². The van der Waals surface area contributed by atoms with Gasteiger partial charge in [-0.2, -0.15) is 6.07 Å². The molecular formula is C59H59N4OPt-3. The van der Waals surface area contributed by atoms with Crippen molar-refractivity contribution < 1.29 is 25.8 Å². The smallest absolute Gasteiger partial charge is 0.135 e. The van der Waals surface area contributed by atoms with Crippen LogP contribution in [0.4, 0.5) is 11.4 Å². The van der Waals surface area contributed by atoms with Crippen LogP contribution in [-0.2, 0) is 42.7 Å². The average Bonchev–Trinajstić information content (AvgIpc) is 3.86. The zero-order valence-corrected chi connectivity index (χ0v) is 41.8. The van der Waals surface area contributed by atoms with Gasteiger partial charge in [0.2, 0.25) is 0 Å². The number of hydrogen-bond donors (Lipinski definition) is 0. The van der Waals surface area contributed by atoms with E-state index in [2.05, 4.69) is 249 Å². The van der Waals surface area contributed by atoms with Gasteiger partial charge in [-0.05, 0) is 91.4 Å². The van der Waals surface area contributed by atoms with Crippen LogP contribution in [0.1, 0.15) is 110 Å². The maximum absolute atomic E-state index is 6.99. The summed E-state index contributed by atoms with van der Waals surface area (Å²) in [5, 5.41) is 2.26. The number of pyridine rings is 1. The molecule has 2 aromatic heterocycles. The van der Waals surface area contributed by atoms with Crippen molar-refractivity contribution in [2.45, 2.75) is 97.8 Å². The molecule has 0 spiro atoms. The van der Waals surface area contributed by atoms with Crippen LogP contribution in [0.2, 0.25) is 0 Å². The van der Waals surface area contributed by atoms with Gasteiger partial charge in [0.1, 0.15) is 5.82 Å². The number of anilines is 2. The first-order chi connectivity index (χ1) is 30.3. The molecule has 3 heterocycles. The van der Waals surface area contributed by atoms with Crippen molar-refractivity contribution in [3.05, 3.63) is 204 Å². The van der Waals surface area contributed by atoms with Gasteiger partial charge in [0, 0.05) is 55.7 Å². The fourth-order valence-electron chi connectivity index (χ4n) is 8.61. The summed E-state index contributed by atoms with van der Waals surface area (Å²) in [4.78, 5) is 9.41. The molecule has 6 aromatic carbocycles. The molecule has 0 saturated carbocycles. The number of aromatic nitrogens is 2. The largest absolute Gasteiger partial charge is 0.509 e. The monoisotopic (exact) mass is 1030 g/mol. The zero-order chi connectivity index (χ0) is 45.2. The second-order valence-electron chi connectivity index (χ2n) is 20.8. The van der Waals surface area contributed by atoms with Gasteiger partial charge in [0.05, 0.1) is 0 Å². The van der Waals surface area contributed by atoms with E-state index < -0.39 is 0 Å². The third kappa shape index (κ3) is 9.05. The molecule has 1 aliphatic heterocycles. The minimum Gasteiger partial charge on any atom is -0.509 e. The van der Waals surface area contributed by atoms with E-state index >= 15 is 0 Å². The Morgan fingerprint density at radius 2 is 1.18 bits per heavy atom. The first-order valence-electron chi connectivity index (χ1n) is 22.4. The minimum atomic E-state index is -0.366. The predicted molar refractivity (Wildman–Crippen MR) is 268 cm³/mol. The van der Waals surface area contributed by atoms with Gasteiger partial charge in [0.25, 0.3) is 0 Å². The summed E-state index contributed by atoms with van der Waals surface area (Å²) in [6, 6.07) is 57.3. The fraction of sp³-hybridized carbons (Fsp3) is 0.254. The van der Waals surface area contributed by atoms with Crippen molar-refractivity contribution in [1.29, 1.82) is 0 Å². The van der Waals surface area contributed by atoms with E-state index in [1.54, 1.807) is 0 Å². The summed E-state index contributed by atoms with van der Waals surface area (Å²) in [7, 11) is 0. The van der Waals surface area contributed by atoms with Gasteiger partial charge < -0.3 is 19.1 Å². The van der Waals surface area contributed by atoms with Gasteiger partial charge in [-0.25, -0.2) is 4.98 Å². The predicted octanol–water partition coefficient (Wildman–Crippen LogP) is 15.2. The van der Waals surface area contributed by atoms with Crippen LogP contribution in [0.5, 0.6) is 11.5 Å². The first-order valence-corrected chi connectivity index (χ1v) is 22.4. The number of benzene rings is 6. The first kappa shape index (κ1) is 45.7. The molecule has 0 amide bonds. The summed E-state index contributed by atoms with van der Waals surface area (Å²) in [5.41, 5.74) is 11.8. The molecule has 334 valence electrons. The third-order valence-corrected chi connectivity index (χ3v) is 12.7. The summed E-state index contributed by atoms with van der Waals surface area (Å²) < 4.78 is 9.23. The minimum absolute atomic E-state index is 0. The molecule has 0 radical (unpaired) electrons. The Morgan fingerprint density at radius 1 is 0.538 bits per heavy atom. The Kier molecular flexibility index (Phi) is 12.0. The second-order valence-corrected chi connectivity index (χ2v) is 20.8. The van der Waals surface area contributed by atoms with Gasteiger partial charge in [-0.1, -0.05) is 167 Å². The Morgan fingerprint density at radius 3 is 1.88 bits per heavy atom. The number of fused-ring (bicyclic) bond motifs is 3. The molecule has 6 heteroatoms. The van der Waals surface area contributed by atoms with Crippen molar-refractivity contribution >= 4 is 38.9 Å². The van der Waals surface area contributed by atoms with E-state index in [1.165, 1.54) is 22.3 Å². The Hall–Kier alpha value is -5.90. The molecule has 1 aliphatic rings. The number of rotatable bonds is 8. The topological polar surface area (TPSA) is 33.5 Å². The number of ether oxygens (including phenoxy) is 1. The zero-order valence-electron chi connectivity index (χ0n) is 39.5. The maximum atomic E-state index is 6.99. The van der Waals surface area contributed by atoms with E-state index in [-0.39, 0.29) is 42.7 Å². The van der Waals surface area contributed by atoms with E-state index in [0.29, 0.717) is 11.5 Å². The van der Waals surface area contributed by atoms with Crippen LogP contribution in [0.15, 0.2) is 152 Å². The van der Waals surface area contributed by atoms with Crippen molar-refractivity contribution in [2.24, 2.45) is 0 Å². The molecule has 5 nitrogen and oxygen atoms in total. The van der Waals surface area contributed by atoms with Gasteiger partial charge >= 0.3 is 0 Å². The van der Waals surface area contributed by atoms with Gasteiger partial charge in [-0.3, -0.25) is 0 Å². The summed E-state index contributed by atoms with van der Waals surface area (Å²) >= 11 is 0. The molecule has 65 heavy (non-hydrogen) atoms. The van der Waals surface area contributed by atoms with Crippen LogP contribution < -0.4 is 14.5 Å². The molecule has 9 rings (SSSR count). The normalized spacial score (nSPS) is 13.6. The Labute approximate surface area is 401 Å². The van der Waals surface area contributed by atoms with E-state index in [4.69, 9.17) is 9.72 Å². The van der Waals surface area contributed by atoms with Gasteiger partial charge in [0.15, 0.2) is 0 Å². The molecule has 0 unspecified atom stereocenters. The van der Waals surface area contributed by atoms with Crippen molar-refractivity contribution in [3.63, 3.8) is 0 Å². The summed E-state index contributed by atoms with van der Waals surface area (Å²) in [6.45, 7) is 27.0. The quantitative estimate of drug-likeness (QED) is 0.142. The van der Waals surface area contributed by atoms with E-state index in [9.17, 15) is 0 Å². The van der Waals surface area contributed by atoms with Crippen LogP contribution in [0.25, 0.3) is 33.3 Å². The van der Waals surface area contributed by atoms with Crippen molar-refractivity contribution in [3.8, 4) is 17.3 Å². The number of hydrogen-bond acceptors (Lipinski definition) is 4. The second kappa shape index (κ2) is 17.1. The molecule has 8 aromatic rings. The summed E-state index contributed by atoms with van der Waals surface area (Å²) in [6.07, 6.45) is 4.14. The van der Waals surface area contributed by atoms with Crippen molar-refractivity contribution in [2.75, 3.05) is 9.80 Å². The standard InChI is InChI=1S/C59H59N4O.Pt/c1-56(2,3)42-23-18-24-46(31-42)61-38-54(40-19-14-12-15-20-40)62(39-61)47-32-45(59(10,11)41-21-16-13-17-22-41)33-49(36-47)64-48-26-27-50-51-34-43(57(4,5)6)25-28-52(51)63(53(50)37-48)55-35-44(29-30-60-55)58(7,8)9;/h12-35,38-39H,1-11H3;/q-3;. The molecule has 0 fully saturated rings. The molecule has 0 bridgehead atoms. The number of nitrogens with zero attached hydrogens (tertiary/aromatic N) is 4. The fourth-order valence-corrected chi connectivity index (χ4v) is 8.61. The molecular weight excluding hydrogens is 976 g/mol. The van der Waals surface area contributed by atoms with Crippen LogP contribution in [0, 0.1) is 18.8 Å². The van der Waals surface area contributed by atoms with E-state index in [0.717, 1.165) is 55.8 Å². The molecule has 0 saturated heterocycles.